The quantitative estimate of drug-likeness (QED) is 0.201. The van der Waals surface area contributed by atoms with Crippen molar-refractivity contribution in [2.45, 2.75) is 116 Å². The summed E-state index contributed by atoms with van der Waals surface area (Å²) in [5.74, 6) is 0. The SMILES string of the molecule is CCCCCCCCCCCCCCCCCCc1cc(C=Cc2ccccc2)ccn1. The second-order valence-electron chi connectivity index (χ2n) is 9.38. The van der Waals surface area contributed by atoms with Gasteiger partial charge in [0, 0.05) is 11.9 Å². The van der Waals surface area contributed by atoms with Gasteiger partial charge in [0.05, 0.1) is 0 Å². The lowest BCUT2D eigenvalue weighted by atomic mass is 10.0. The van der Waals surface area contributed by atoms with Crippen molar-refractivity contribution in [2.75, 3.05) is 0 Å². The second kappa shape index (κ2) is 18.7. The fourth-order valence-corrected chi connectivity index (χ4v) is 4.35. The Labute approximate surface area is 198 Å². The van der Waals surface area contributed by atoms with Crippen LogP contribution in [0, 0.1) is 0 Å². The van der Waals surface area contributed by atoms with Crippen LogP contribution in [0.5, 0.6) is 0 Å². The zero-order valence-electron chi connectivity index (χ0n) is 20.7. The Morgan fingerprint density at radius 3 is 1.62 bits per heavy atom. The van der Waals surface area contributed by atoms with Crippen molar-refractivity contribution in [1.29, 1.82) is 0 Å². The van der Waals surface area contributed by atoms with E-state index in [9.17, 15) is 0 Å². The zero-order valence-corrected chi connectivity index (χ0v) is 20.7. The molecule has 0 aliphatic carbocycles. The van der Waals surface area contributed by atoms with E-state index in [1.165, 1.54) is 120 Å². The predicted octanol–water partition coefficient (Wildman–Crippen LogP) is 10.1. The van der Waals surface area contributed by atoms with Crippen molar-refractivity contribution >= 4 is 12.2 Å². The number of nitrogens with zero attached hydrogens (tertiary/aromatic N) is 1. The van der Waals surface area contributed by atoms with E-state index in [4.69, 9.17) is 0 Å². The zero-order chi connectivity index (χ0) is 22.5. The van der Waals surface area contributed by atoms with Gasteiger partial charge in [-0.15, -0.1) is 0 Å². The van der Waals surface area contributed by atoms with Gasteiger partial charge in [-0.2, -0.15) is 0 Å². The van der Waals surface area contributed by atoms with Crippen molar-refractivity contribution in [3.63, 3.8) is 0 Å². The van der Waals surface area contributed by atoms with Crippen LogP contribution in [0.1, 0.15) is 126 Å². The molecular formula is C31H47N. The summed E-state index contributed by atoms with van der Waals surface area (Å²) in [4.78, 5) is 4.57. The van der Waals surface area contributed by atoms with Crippen molar-refractivity contribution in [2.24, 2.45) is 0 Å². The van der Waals surface area contributed by atoms with E-state index in [1.807, 2.05) is 6.20 Å². The van der Waals surface area contributed by atoms with Crippen LogP contribution in [-0.2, 0) is 6.42 Å². The first kappa shape index (κ1) is 26.4. The molecule has 2 aromatic rings. The molecule has 0 saturated carbocycles. The summed E-state index contributed by atoms with van der Waals surface area (Å²) in [5.41, 5.74) is 3.71. The largest absolute Gasteiger partial charge is 0.261 e. The van der Waals surface area contributed by atoms with E-state index in [1.54, 1.807) is 0 Å². The van der Waals surface area contributed by atoms with Crippen LogP contribution in [0.4, 0.5) is 0 Å². The molecule has 0 radical (unpaired) electrons. The fraction of sp³-hybridized carbons (Fsp3) is 0.581. The fourth-order valence-electron chi connectivity index (χ4n) is 4.35. The summed E-state index contributed by atoms with van der Waals surface area (Å²) in [6.07, 6.45) is 30.1. The number of aryl methyl sites for hydroxylation is 1. The van der Waals surface area contributed by atoms with Crippen molar-refractivity contribution in [3.8, 4) is 0 Å². The molecule has 0 unspecified atom stereocenters. The summed E-state index contributed by atoms with van der Waals surface area (Å²) in [5, 5.41) is 0. The van der Waals surface area contributed by atoms with Gasteiger partial charge in [0.2, 0.25) is 0 Å². The van der Waals surface area contributed by atoms with Crippen LogP contribution >= 0.6 is 0 Å². The van der Waals surface area contributed by atoms with Gasteiger partial charge in [0.15, 0.2) is 0 Å². The van der Waals surface area contributed by atoms with Gasteiger partial charge in [-0.1, -0.05) is 146 Å². The molecule has 0 spiro atoms. The highest BCUT2D eigenvalue weighted by Gasteiger charge is 1.98. The Morgan fingerprint density at radius 1 is 0.562 bits per heavy atom. The van der Waals surface area contributed by atoms with Crippen LogP contribution in [0.3, 0.4) is 0 Å². The first-order valence-corrected chi connectivity index (χ1v) is 13.6. The Bertz CT molecular complexity index is 703. The van der Waals surface area contributed by atoms with Gasteiger partial charge in [-0.3, -0.25) is 4.98 Å². The Balaban J connectivity index is 1.42. The summed E-state index contributed by atoms with van der Waals surface area (Å²) >= 11 is 0. The third-order valence-electron chi connectivity index (χ3n) is 6.39. The highest BCUT2D eigenvalue weighted by atomic mass is 14.7. The second-order valence-corrected chi connectivity index (χ2v) is 9.38. The minimum Gasteiger partial charge on any atom is -0.261 e. The van der Waals surface area contributed by atoms with Crippen LogP contribution in [0.25, 0.3) is 12.2 Å². The maximum absolute atomic E-state index is 4.57. The van der Waals surface area contributed by atoms with Crippen LogP contribution in [0.15, 0.2) is 48.7 Å². The Hall–Kier alpha value is -1.89. The first-order valence-electron chi connectivity index (χ1n) is 13.6. The minimum atomic E-state index is 1.10. The molecular weight excluding hydrogens is 386 g/mol. The molecule has 1 heterocycles. The van der Waals surface area contributed by atoms with E-state index in [0.29, 0.717) is 0 Å². The van der Waals surface area contributed by atoms with Gasteiger partial charge in [0.25, 0.3) is 0 Å². The predicted molar refractivity (Wildman–Crippen MR) is 143 cm³/mol. The molecule has 1 nitrogen and oxygen atoms in total. The number of pyridine rings is 1. The van der Waals surface area contributed by atoms with Gasteiger partial charge in [0.1, 0.15) is 0 Å². The highest BCUT2D eigenvalue weighted by Crippen LogP contribution is 2.15. The molecule has 0 aliphatic heterocycles. The van der Waals surface area contributed by atoms with E-state index in [2.05, 4.69) is 66.5 Å². The summed E-state index contributed by atoms with van der Waals surface area (Å²) in [6, 6.07) is 14.8. The molecule has 0 aliphatic rings. The molecule has 1 aromatic carbocycles. The third kappa shape index (κ3) is 13.5. The lowest BCUT2D eigenvalue weighted by molar-refractivity contribution is 0.529. The van der Waals surface area contributed by atoms with Crippen molar-refractivity contribution < 1.29 is 0 Å². The number of hydrogen-bond donors (Lipinski definition) is 0. The molecule has 0 amide bonds. The van der Waals surface area contributed by atoms with Crippen LogP contribution in [-0.4, -0.2) is 4.98 Å². The molecule has 0 saturated heterocycles. The summed E-state index contributed by atoms with van der Waals surface area (Å²) in [7, 11) is 0. The maximum Gasteiger partial charge on any atom is 0.0409 e. The smallest absolute Gasteiger partial charge is 0.0409 e. The van der Waals surface area contributed by atoms with Crippen LogP contribution in [0.2, 0.25) is 0 Å². The van der Waals surface area contributed by atoms with Crippen LogP contribution < -0.4 is 0 Å². The molecule has 0 atom stereocenters. The number of unbranched alkanes of at least 4 members (excludes halogenated alkanes) is 15. The van der Waals surface area contributed by atoms with Gasteiger partial charge in [-0.25, -0.2) is 0 Å². The molecule has 176 valence electrons. The lowest BCUT2D eigenvalue weighted by Gasteiger charge is -2.04. The van der Waals surface area contributed by atoms with Gasteiger partial charge >= 0.3 is 0 Å². The minimum absolute atomic E-state index is 1.10. The number of benzene rings is 1. The average molecular weight is 434 g/mol. The van der Waals surface area contributed by atoms with Gasteiger partial charge in [-0.05, 0) is 36.1 Å². The highest BCUT2D eigenvalue weighted by molar-refractivity contribution is 5.69. The molecule has 1 aromatic heterocycles. The molecule has 2 rings (SSSR count). The van der Waals surface area contributed by atoms with E-state index in [-0.39, 0.29) is 0 Å². The number of rotatable bonds is 19. The van der Waals surface area contributed by atoms with Gasteiger partial charge < -0.3 is 0 Å². The molecule has 0 bridgehead atoms. The Kier molecular flexibility index (Phi) is 15.4. The van der Waals surface area contributed by atoms with Crippen molar-refractivity contribution in [3.05, 3.63) is 65.5 Å². The third-order valence-corrected chi connectivity index (χ3v) is 6.39. The topological polar surface area (TPSA) is 12.9 Å². The summed E-state index contributed by atoms with van der Waals surface area (Å²) in [6.45, 7) is 2.30. The van der Waals surface area contributed by atoms with E-state index < -0.39 is 0 Å². The lowest BCUT2D eigenvalue weighted by Crippen LogP contribution is -1.91. The van der Waals surface area contributed by atoms with E-state index >= 15 is 0 Å². The standard InChI is InChI=1S/C31H47N/c1-2-3-4-5-6-7-8-9-10-11-12-13-14-15-16-20-23-31-28-30(26-27-32-31)25-24-29-21-18-17-19-22-29/h17-19,21-22,24-28H,2-16,20,23H2,1H3. The normalized spacial score (nSPS) is 11.4. The molecule has 32 heavy (non-hydrogen) atoms. The molecule has 1 heteroatoms. The average Bonchev–Trinajstić information content (AvgIpc) is 2.83. The van der Waals surface area contributed by atoms with Crippen molar-refractivity contribution in [1.82, 2.24) is 4.98 Å². The maximum atomic E-state index is 4.57. The summed E-state index contributed by atoms with van der Waals surface area (Å²) < 4.78 is 0. The first-order chi connectivity index (χ1) is 15.9. The Morgan fingerprint density at radius 2 is 1.06 bits per heavy atom. The van der Waals surface area contributed by atoms with E-state index in [0.717, 1.165) is 6.42 Å². The molecule has 0 N–H and O–H groups in total. The monoisotopic (exact) mass is 433 g/mol. The molecule has 0 fully saturated rings. The number of aromatic nitrogens is 1. The number of hydrogen-bond acceptors (Lipinski definition) is 1.